The SMILES string of the molecule is CCC(=O)N1CCc2ccc(OC(C)C(=O)NCc3cccc(C)c3)cc2C1c1cccc(C)c1. The Morgan fingerprint density at radius 3 is 2.49 bits per heavy atom. The molecular weight excluding hydrogens is 436 g/mol. The fourth-order valence-electron chi connectivity index (χ4n) is 4.75. The van der Waals surface area contributed by atoms with Gasteiger partial charge in [-0.25, -0.2) is 0 Å². The molecule has 3 aromatic rings. The summed E-state index contributed by atoms with van der Waals surface area (Å²) in [4.78, 5) is 27.5. The van der Waals surface area contributed by atoms with Gasteiger partial charge in [-0.3, -0.25) is 9.59 Å². The summed E-state index contributed by atoms with van der Waals surface area (Å²) in [5, 5.41) is 2.96. The summed E-state index contributed by atoms with van der Waals surface area (Å²) in [5.74, 6) is 0.602. The molecule has 1 aliphatic rings. The molecule has 1 aliphatic heterocycles. The molecule has 0 aromatic heterocycles. The van der Waals surface area contributed by atoms with Gasteiger partial charge >= 0.3 is 0 Å². The Bertz CT molecular complexity index is 1220. The minimum atomic E-state index is -0.646. The van der Waals surface area contributed by atoms with Crippen LogP contribution in [0.4, 0.5) is 0 Å². The number of hydrogen-bond donors (Lipinski definition) is 1. The summed E-state index contributed by atoms with van der Waals surface area (Å²) in [5.41, 5.74) is 6.74. The Morgan fingerprint density at radius 1 is 1.03 bits per heavy atom. The maximum atomic E-state index is 12.8. The van der Waals surface area contributed by atoms with Crippen molar-refractivity contribution in [1.29, 1.82) is 0 Å². The highest BCUT2D eigenvalue weighted by molar-refractivity contribution is 5.80. The summed E-state index contributed by atoms with van der Waals surface area (Å²) in [6.07, 6.45) is 0.620. The van der Waals surface area contributed by atoms with Gasteiger partial charge in [0.15, 0.2) is 6.10 Å². The van der Waals surface area contributed by atoms with Crippen LogP contribution in [0.15, 0.2) is 66.7 Å². The van der Waals surface area contributed by atoms with E-state index in [1.165, 1.54) is 5.56 Å². The highest BCUT2D eigenvalue weighted by atomic mass is 16.5. The van der Waals surface area contributed by atoms with E-state index in [0.29, 0.717) is 25.3 Å². The maximum Gasteiger partial charge on any atom is 0.261 e. The average molecular weight is 471 g/mol. The van der Waals surface area contributed by atoms with Crippen molar-refractivity contribution < 1.29 is 14.3 Å². The van der Waals surface area contributed by atoms with E-state index in [1.54, 1.807) is 6.92 Å². The van der Waals surface area contributed by atoms with Gasteiger partial charge in [0.1, 0.15) is 5.75 Å². The number of aryl methyl sites for hydroxylation is 2. The quantitative estimate of drug-likeness (QED) is 0.512. The van der Waals surface area contributed by atoms with Crippen LogP contribution >= 0.6 is 0 Å². The molecule has 182 valence electrons. The highest BCUT2D eigenvalue weighted by Crippen LogP contribution is 2.38. The molecule has 5 nitrogen and oxygen atoms in total. The van der Waals surface area contributed by atoms with Crippen molar-refractivity contribution >= 4 is 11.8 Å². The summed E-state index contributed by atoms with van der Waals surface area (Å²) in [7, 11) is 0. The first-order valence-electron chi connectivity index (χ1n) is 12.3. The van der Waals surface area contributed by atoms with Crippen LogP contribution in [0.3, 0.4) is 0 Å². The van der Waals surface area contributed by atoms with Crippen LogP contribution in [0, 0.1) is 13.8 Å². The predicted molar refractivity (Wildman–Crippen MR) is 138 cm³/mol. The van der Waals surface area contributed by atoms with Gasteiger partial charge in [0, 0.05) is 19.5 Å². The van der Waals surface area contributed by atoms with Crippen LogP contribution in [0.25, 0.3) is 0 Å². The number of carbonyl (C=O) groups excluding carboxylic acids is 2. The minimum Gasteiger partial charge on any atom is -0.481 e. The van der Waals surface area contributed by atoms with Gasteiger partial charge < -0.3 is 15.0 Å². The van der Waals surface area contributed by atoms with Gasteiger partial charge in [-0.2, -0.15) is 0 Å². The number of amides is 2. The molecule has 0 bridgehead atoms. The van der Waals surface area contributed by atoms with Crippen molar-refractivity contribution in [1.82, 2.24) is 10.2 Å². The molecule has 2 amide bonds. The topological polar surface area (TPSA) is 58.6 Å². The molecule has 2 atom stereocenters. The standard InChI is InChI=1S/C30H34N2O3/c1-5-28(33)32-15-14-24-12-13-26(18-27(24)29(32)25-11-7-9-21(3)17-25)35-22(4)30(34)31-19-23-10-6-8-20(2)16-23/h6-13,16-18,22,29H,5,14-15,19H2,1-4H3,(H,31,34). The van der Waals surface area contributed by atoms with Crippen LogP contribution < -0.4 is 10.1 Å². The third kappa shape index (κ3) is 5.73. The fraction of sp³-hybridized carbons (Fsp3) is 0.333. The number of benzene rings is 3. The predicted octanol–water partition coefficient (Wildman–Crippen LogP) is 5.27. The summed E-state index contributed by atoms with van der Waals surface area (Å²) >= 11 is 0. The van der Waals surface area contributed by atoms with E-state index < -0.39 is 6.10 Å². The average Bonchev–Trinajstić information content (AvgIpc) is 2.86. The van der Waals surface area contributed by atoms with Crippen LogP contribution in [0.5, 0.6) is 5.75 Å². The summed E-state index contributed by atoms with van der Waals surface area (Å²) < 4.78 is 6.07. The first kappa shape index (κ1) is 24.5. The molecular formula is C30H34N2O3. The van der Waals surface area contributed by atoms with Gasteiger partial charge in [-0.1, -0.05) is 72.6 Å². The molecule has 3 aromatic carbocycles. The number of nitrogens with zero attached hydrogens (tertiary/aromatic N) is 1. The Morgan fingerprint density at radius 2 is 1.77 bits per heavy atom. The second kappa shape index (κ2) is 10.8. The molecule has 1 heterocycles. The van der Waals surface area contributed by atoms with Gasteiger partial charge in [-0.05, 0) is 61.6 Å². The van der Waals surface area contributed by atoms with Crippen LogP contribution in [-0.4, -0.2) is 29.4 Å². The van der Waals surface area contributed by atoms with Gasteiger partial charge in [0.2, 0.25) is 5.91 Å². The second-order valence-corrected chi connectivity index (χ2v) is 9.33. The normalized spacial score (nSPS) is 15.8. The minimum absolute atomic E-state index is 0.136. The lowest BCUT2D eigenvalue weighted by atomic mass is 9.87. The number of hydrogen-bond acceptors (Lipinski definition) is 3. The molecule has 0 saturated heterocycles. The highest BCUT2D eigenvalue weighted by Gasteiger charge is 2.32. The van der Waals surface area contributed by atoms with Crippen molar-refractivity contribution in [2.24, 2.45) is 0 Å². The van der Waals surface area contributed by atoms with E-state index >= 15 is 0 Å². The van der Waals surface area contributed by atoms with Crippen molar-refractivity contribution in [3.63, 3.8) is 0 Å². The number of ether oxygens (including phenoxy) is 1. The second-order valence-electron chi connectivity index (χ2n) is 9.33. The van der Waals surface area contributed by atoms with E-state index in [9.17, 15) is 9.59 Å². The van der Waals surface area contributed by atoms with Crippen LogP contribution in [0.1, 0.15) is 59.7 Å². The molecule has 2 unspecified atom stereocenters. The third-order valence-electron chi connectivity index (χ3n) is 6.56. The van der Waals surface area contributed by atoms with Gasteiger partial charge in [-0.15, -0.1) is 0 Å². The van der Waals surface area contributed by atoms with E-state index in [0.717, 1.165) is 34.2 Å². The van der Waals surface area contributed by atoms with E-state index in [2.05, 4.69) is 42.6 Å². The number of rotatable bonds is 7. The smallest absolute Gasteiger partial charge is 0.261 e. The lowest BCUT2D eigenvalue weighted by Crippen LogP contribution is -2.40. The Balaban J connectivity index is 1.54. The number of fused-ring (bicyclic) bond motifs is 1. The van der Waals surface area contributed by atoms with E-state index in [-0.39, 0.29) is 17.9 Å². The van der Waals surface area contributed by atoms with Crippen molar-refractivity contribution in [2.45, 2.75) is 59.2 Å². The molecule has 5 heteroatoms. The summed E-state index contributed by atoms with van der Waals surface area (Å²) in [6, 6.07) is 22.2. The zero-order valence-electron chi connectivity index (χ0n) is 21.0. The largest absolute Gasteiger partial charge is 0.481 e. The Kier molecular flexibility index (Phi) is 7.54. The molecule has 35 heavy (non-hydrogen) atoms. The monoisotopic (exact) mass is 470 g/mol. The molecule has 0 saturated carbocycles. The lowest BCUT2D eigenvalue weighted by molar-refractivity contribution is -0.133. The first-order chi connectivity index (χ1) is 16.9. The number of carbonyl (C=O) groups is 2. The molecule has 0 spiro atoms. The van der Waals surface area contributed by atoms with E-state index in [1.807, 2.05) is 55.1 Å². The lowest BCUT2D eigenvalue weighted by Gasteiger charge is -2.38. The van der Waals surface area contributed by atoms with E-state index in [4.69, 9.17) is 4.74 Å². The van der Waals surface area contributed by atoms with Crippen molar-refractivity contribution in [3.8, 4) is 5.75 Å². The van der Waals surface area contributed by atoms with Crippen molar-refractivity contribution in [2.75, 3.05) is 6.54 Å². The molecule has 4 rings (SSSR count). The Hall–Kier alpha value is -3.60. The van der Waals surface area contributed by atoms with Gasteiger partial charge in [0.05, 0.1) is 6.04 Å². The molecule has 0 aliphatic carbocycles. The van der Waals surface area contributed by atoms with Gasteiger partial charge in [0.25, 0.3) is 5.91 Å². The fourth-order valence-corrected chi connectivity index (χ4v) is 4.75. The molecule has 1 N–H and O–H groups in total. The zero-order valence-corrected chi connectivity index (χ0v) is 21.0. The molecule has 0 radical (unpaired) electrons. The summed E-state index contributed by atoms with van der Waals surface area (Å²) in [6.45, 7) is 8.91. The molecule has 0 fully saturated rings. The van der Waals surface area contributed by atoms with Crippen LogP contribution in [0.2, 0.25) is 0 Å². The third-order valence-corrected chi connectivity index (χ3v) is 6.56. The first-order valence-corrected chi connectivity index (χ1v) is 12.3. The number of nitrogens with one attached hydrogen (secondary N) is 1. The maximum absolute atomic E-state index is 12.8. The zero-order chi connectivity index (χ0) is 24.9. The van der Waals surface area contributed by atoms with Crippen LogP contribution in [-0.2, 0) is 22.6 Å². The van der Waals surface area contributed by atoms with Crippen molar-refractivity contribution in [3.05, 3.63) is 100 Å². The Labute approximate surface area is 208 Å².